The molecule has 1 aromatic carbocycles. The molecule has 98 valence electrons. The van der Waals surface area contributed by atoms with Crippen LogP contribution in [-0.2, 0) is 0 Å². The Hall–Kier alpha value is -1.26. The third-order valence-electron chi connectivity index (χ3n) is 4.43. The van der Waals surface area contributed by atoms with Crippen molar-refractivity contribution in [2.45, 2.75) is 13.0 Å². The van der Waals surface area contributed by atoms with Gasteiger partial charge < -0.3 is 15.5 Å². The maximum atomic E-state index is 9.92. The van der Waals surface area contributed by atoms with Gasteiger partial charge in [-0.3, -0.25) is 4.90 Å². The van der Waals surface area contributed by atoms with Crippen LogP contribution in [0, 0.1) is 11.8 Å². The lowest BCUT2D eigenvalue weighted by Crippen LogP contribution is -2.28. The molecule has 0 aliphatic carbocycles. The van der Waals surface area contributed by atoms with Crippen LogP contribution >= 0.6 is 0 Å². The second-order valence-corrected chi connectivity index (χ2v) is 5.55. The van der Waals surface area contributed by atoms with E-state index in [9.17, 15) is 10.2 Å². The van der Waals surface area contributed by atoms with Crippen molar-refractivity contribution in [3.8, 4) is 11.5 Å². The third kappa shape index (κ3) is 1.95. The van der Waals surface area contributed by atoms with Gasteiger partial charge in [0.25, 0.3) is 0 Å². The smallest absolute Gasteiger partial charge is 0.120 e. The zero-order valence-corrected chi connectivity index (χ0v) is 10.6. The Morgan fingerprint density at radius 2 is 1.89 bits per heavy atom. The maximum absolute atomic E-state index is 9.92. The number of rotatable bonds is 2. The van der Waals surface area contributed by atoms with Crippen LogP contribution in [0.1, 0.15) is 18.5 Å². The molecule has 1 aromatic rings. The van der Waals surface area contributed by atoms with Gasteiger partial charge in [-0.05, 0) is 50.0 Å². The summed E-state index contributed by atoms with van der Waals surface area (Å²) in [7, 11) is 0. The van der Waals surface area contributed by atoms with E-state index < -0.39 is 0 Å². The Bertz CT molecular complexity index is 437. The van der Waals surface area contributed by atoms with Crippen molar-refractivity contribution in [1.82, 2.24) is 10.2 Å². The van der Waals surface area contributed by atoms with E-state index >= 15 is 0 Å². The molecule has 0 amide bonds. The molecular formula is C14H20N2O2. The zero-order valence-electron chi connectivity index (χ0n) is 10.6. The normalized spacial score (nSPS) is 29.4. The first kappa shape index (κ1) is 11.8. The number of phenolic OH excluding ortho intramolecular Hbond substituents is 2. The topological polar surface area (TPSA) is 55.7 Å². The average Bonchev–Trinajstić information content (AvgIpc) is 2.91. The lowest BCUT2D eigenvalue weighted by atomic mass is 10.0. The molecule has 2 saturated heterocycles. The van der Waals surface area contributed by atoms with E-state index in [0.29, 0.717) is 0 Å². The van der Waals surface area contributed by atoms with Gasteiger partial charge in [0.1, 0.15) is 11.5 Å². The lowest BCUT2D eigenvalue weighted by Gasteiger charge is -2.26. The van der Waals surface area contributed by atoms with Gasteiger partial charge in [0.05, 0.1) is 0 Å². The Morgan fingerprint density at radius 3 is 2.56 bits per heavy atom. The highest BCUT2D eigenvalue weighted by Gasteiger charge is 2.38. The van der Waals surface area contributed by atoms with Gasteiger partial charge in [-0.25, -0.2) is 0 Å². The van der Waals surface area contributed by atoms with E-state index in [-0.39, 0.29) is 17.5 Å². The molecule has 3 rings (SSSR count). The molecule has 3 atom stereocenters. The van der Waals surface area contributed by atoms with Crippen molar-refractivity contribution >= 4 is 0 Å². The molecule has 2 aliphatic heterocycles. The van der Waals surface area contributed by atoms with Gasteiger partial charge in [0.15, 0.2) is 0 Å². The molecule has 2 aliphatic rings. The highest BCUT2D eigenvalue weighted by atomic mass is 16.3. The van der Waals surface area contributed by atoms with Crippen LogP contribution in [-0.4, -0.2) is 41.3 Å². The molecule has 4 heteroatoms. The fraction of sp³-hybridized carbons (Fsp3) is 0.571. The third-order valence-corrected chi connectivity index (χ3v) is 4.43. The van der Waals surface area contributed by atoms with E-state index in [1.54, 1.807) is 12.1 Å². The number of nitrogens with zero attached hydrogens (tertiary/aromatic N) is 1. The highest BCUT2D eigenvalue weighted by Crippen LogP contribution is 2.36. The number of hydrogen-bond acceptors (Lipinski definition) is 4. The van der Waals surface area contributed by atoms with Crippen molar-refractivity contribution in [2.24, 2.45) is 11.8 Å². The van der Waals surface area contributed by atoms with Gasteiger partial charge in [-0.15, -0.1) is 0 Å². The second kappa shape index (κ2) is 4.44. The average molecular weight is 248 g/mol. The first-order valence-electron chi connectivity index (χ1n) is 6.62. The largest absolute Gasteiger partial charge is 0.508 e. The number of nitrogens with one attached hydrogen (secondary N) is 1. The van der Waals surface area contributed by atoms with Gasteiger partial charge in [0.2, 0.25) is 0 Å². The van der Waals surface area contributed by atoms with Gasteiger partial charge in [-0.1, -0.05) is 0 Å². The number of fused-ring (bicyclic) bond motifs is 1. The standard InChI is InChI=1S/C14H20N2O2/c1-9(13-4-12(17)2-3-14(13)18)16-7-10-5-15-6-11(10)8-16/h2-4,9-11,15,17-18H,5-8H2,1H3. The Kier molecular flexibility index (Phi) is 2.92. The molecule has 0 saturated carbocycles. The van der Waals surface area contributed by atoms with Crippen LogP contribution in [0.15, 0.2) is 18.2 Å². The summed E-state index contributed by atoms with van der Waals surface area (Å²) in [4.78, 5) is 2.41. The predicted octanol–water partition coefficient (Wildman–Crippen LogP) is 1.31. The summed E-state index contributed by atoms with van der Waals surface area (Å²) < 4.78 is 0. The number of likely N-dealkylation sites (tertiary alicyclic amines) is 1. The minimum absolute atomic E-state index is 0.155. The van der Waals surface area contributed by atoms with E-state index in [4.69, 9.17) is 0 Å². The maximum Gasteiger partial charge on any atom is 0.120 e. The van der Waals surface area contributed by atoms with E-state index in [1.165, 1.54) is 6.07 Å². The summed E-state index contributed by atoms with van der Waals surface area (Å²) in [5.74, 6) is 1.98. The minimum Gasteiger partial charge on any atom is -0.508 e. The fourth-order valence-electron chi connectivity index (χ4n) is 3.28. The first-order chi connectivity index (χ1) is 8.65. The molecule has 0 bridgehead atoms. The predicted molar refractivity (Wildman–Crippen MR) is 69.6 cm³/mol. The lowest BCUT2D eigenvalue weighted by molar-refractivity contribution is 0.239. The Balaban J connectivity index is 1.78. The molecule has 0 aromatic heterocycles. The van der Waals surface area contributed by atoms with Crippen LogP contribution in [0.25, 0.3) is 0 Å². The summed E-state index contributed by atoms with van der Waals surface area (Å²) >= 11 is 0. The highest BCUT2D eigenvalue weighted by molar-refractivity contribution is 5.40. The summed E-state index contributed by atoms with van der Waals surface area (Å²) in [6.07, 6.45) is 0. The zero-order chi connectivity index (χ0) is 12.7. The second-order valence-electron chi connectivity index (χ2n) is 5.55. The van der Waals surface area contributed by atoms with Gasteiger partial charge in [0, 0.05) is 24.7 Å². The monoisotopic (exact) mass is 248 g/mol. The van der Waals surface area contributed by atoms with E-state index in [0.717, 1.165) is 43.6 Å². The number of benzene rings is 1. The van der Waals surface area contributed by atoms with Crippen molar-refractivity contribution in [3.05, 3.63) is 23.8 Å². The summed E-state index contributed by atoms with van der Waals surface area (Å²) in [5.41, 5.74) is 0.822. The van der Waals surface area contributed by atoms with Crippen molar-refractivity contribution in [1.29, 1.82) is 0 Å². The van der Waals surface area contributed by atoms with Crippen LogP contribution < -0.4 is 5.32 Å². The Morgan fingerprint density at radius 1 is 1.22 bits per heavy atom. The van der Waals surface area contributed by atoms with Crippen molar-refractivity contribution < 1.29 is 10.2 Å². The number of aromatic hydroxyl groups is 2. The summed E-state index contributed by atoms with van der Waals surface area (Å²) in [5, 5.41) is 22.9. The van der Waals surface area contributed by atoms with Gasteiger partial charge in [-0.2, -0.15) is 0 Å². The molecule has 3 unspecified atom stereocenters. The molecule has 0 spiro atoms. The van der Waals surface area contributed by atoms with Crippen LogP contribution in [0.4, 0.5) is 0 Å². The van der Waals surface area contributed by atoms with E-state index in [2.05, 4.69) is 17.1 Å². The first-order valence-corrected chi connectivity index (χ1v) is 6.62. The summed E-state index contributed by atoms with van der Waals surface area (Å²) in [6, 6.07) is 4.92. The van der Waals surface area contributed by atoms with Crippen molar-refractivity contribution in [3.63, 3.8) is 0 Å². The summed E-state index contributed by atoms with van der Waals surface area (Å²) in [6.45, 7) is 6.48. The Labute approximate surface area is 107 Å². The molecule has 18 heavy (non-hydrogen) atoms. The molecule has 2 fully saturated rings. The van der Waals surface area contributed by atoms with Crippen LogP contribution in [0.3, 0.4) is 0 Å². The fourth-order valence-corrected chi connectivity index (χ4v) is 3.28. The molecular weight excluding hydrogens is 228 g/mol. The molecule has 4 nitrogen and oxygen atoms in total. The van der Waals surface area contributed by atoms with Crippen molar-refractivity contribution in [2.75, 3.05) is 26.2 Å². The van der Waals surface area contributed by atoms with Crippen LogP contribution in [0.2, 0.25) is 0 Å². The quantitative estimate of drug-likeness (QED) is 0.691. The molecule has 2 heterocycles. The molecule has 0 radical (unpaired) electrons. The SMILES string of the molecule is CC(c1cc(O)ccc1O)N1CC2CNCC2C1. The van der Waals surface area contributed by atoms with E-state index in [1.807, 2.05) is 0 Å². The number of phenols is 2. The molecule has 3 N–H and O–H groups in total. The number of hydrogen-bond donors (Lipinski definition) is 3. The van der Waals surface area contributed by atoms with Gasteiger partial charge >= 0.3 is 0 Å². The van der Waals surface area contributed by atoms with Crippen LogP contribution in [0.5, 0.6) is 11.5 Å². The minimum atomic E-state index is 0.155.